The number of anilines is 1. The summed E-state index contributed by atoms with van der Waals surface area (Å²) in [4.78, 5) is 32.2. The van der Waals surface area contributed by atoms with Gasteiger partial charge < -0.3 is 5.32 Å². The van der Waals surface area contributed by atoms with E-state index in [0.29, 0.717) is 12.5 Å². The van der Waals surface area contributed by atoms with Crippen LogP contribution in [-0.4, -0.2) is 15.5 Å². The quantitative estimate of drug-likeness (QED) is 0.631. The zero-order valence-electron chi connectivity index (χ0n) is 17.0. The number of para-hydroxylation sites is 1. The highest BCUT2D eigenvalue weighted by Gasteiger charge is 2.20. The molecule has 1 amide bonds. The van der Waals surface area contributed by atoms with Gasteiger partial charge >= 0.3 is 0 Å². The molecule has 1 atom stereocenters. The number of aryl methyl sites for hydroxylation is 3. The van der Waals surface area contributed by atoms with Gasteiger partial charge in [0.1, 0.15) is 4.83 Å². The smallest absolute Gasteiger partial charge is 0.262 e. The molecule has 0 spiro atoms. The lowest BCUT2D eigenvalue weighted by Crippen LogP contribution is -2.24. The molecule has 0 aliphatic heterocycles. The summed E-state index contributed by atoms with van der Waals surface area (Å²) in [6.07, 6.45) is 7.18. The lowest BCUT2D eigenvalue weighted by atomic mass is 9.97. The minimum Gasteiger partial charge on any atom is -0.326 e. The second kappa shape index (κ2) is 8.49. The normalized spacial score (nSPS) is 14.6. The van der Waals surface area contributed by atoms with Crippen LogP contribution in [0.5, 0.6) is 0 Å². The van der Waals surface area contributed by atoms with Crippen LogP contribution in [0.4, 0.5) is 5.69 Å². The van der Waals surface area contributed by atoms with Crippen molar-refractivity contribution in [1.29, 1.82) is 0 Å². The number of carbonyl (C=O) groups is 1. The SMILES string of the molecule is CC[C@H](C)c1ccccc1NC(=O)CCn1cnc2sc3c(c2c1=O)CCCC3. The maximum absolute atomic E-state index is 13.0. The summed E-state index contributed by atoms with van der Waals surface area (Å²) in [5.74, 6) is 0.297. The van der Waals surface area contributed by atoms with Gasteiger partial charge in [0.2, 0.25) is 5.91 Å². The first-order valence-corrected chi connectivity index (χ1v) is 11.3. The molecular formula is C23H27N3O2S. The molecule has 0 saturated heterocycles. The topological polar surface area (TPSA) is 64.0 Å². The van der Waals surface area contributed by atoms with Crippen LogP contribution in [0, 0.1) is 0 Å². The second-order valence-electron chi connectivity index (χ2n) is 7.83. The maximum atomic E-state index is 13.0. The number of amides is 1. The lowest BCUT2D eigenvalue weighted by molar-refractivity contribution is -0.116. The summed E-state index contributed by atoms with van der Waals surface area (Å²) in [6.45, 7) is 4.64. The summed E-state index contributed by atoms with van der Waals surface area (Å²) < 4.78 is 1.59. The molecule has 4 rings (SSSR count). The number of benzene rings is 1. The molecule has 152 valence electrons. The average Bonchev–Trinajstić information content (AvgIpc) is 3.12. The van der Waals surface area contributed by atoms with Crippen LogP contribution in [0.25, 0.3) is 10.2 Å². The van der Waals surface area contributed by atoms with Crippen molar-refractivity contribution >= 4 is 33.1 Å². The zero-order chi connectivity index (χ0) is 20.4. The number of carbonyl (C=O) groups excluding carboxylic acids is 1. The van der Waals surface area contributed by atoms with E-state index in [1.165, 1.54) is 16.9 Å². The Bertz CT molecular complexity index is 1100. The average molecular weight is 410 g/mol. The van der Waals surface area contributed by atoms with Gasteiger partial charge in [-0.1, -0.05) is 32.0 Å². The second-order valence-corrected chi connectivity index (χ2v) is 8.91. The number of rotatable bonds is 6. The number of nitrogens with one attached hydrogen (secondary N) is 1. The highest BCUT2D eigenvalue weighted by molar-refractivity contribution is 7.18. The third-order valence-electron chi connectivity index (χ3n) is 5.90. The maximum Gasteiger partial charge on any atom is 0.262 e. The number of nitrogens with zero attached hydrogens (tertiary/aromatic N) is 2. The van der Waals surface area contributed by atoms with Gasteiger partial charge in [-0.2, -0.15) is 0 Å². The van der Waals surface area contributed by atoms with Gasteiger partial charge in [0.15, 0.2) is 0 Å². The van der Waals surface area contributed by atoms with E-state index in [1.54, 1.807) is 22.2 Å². The van der Waals surface area contributed by atoms with Crippen molar-refractivity contribution in [2.45, 2.75) is 64.8 Å². The first kappa shape index (κ1) is 19.8. The predicted octanol–water partition coefficient (Wildman–Crippen LogP) is 4.88. The van der Waals surface area contributed by atoms with E-state index in [2.05, 4.69) is 30.2 Å². The molecule has 1 aliphatic rings. The summed E-state index contributed by atoms with van der Waals surface area (Å²) in [5, 5.41) is 3.80. The van der Waals surface area contributed by atoms with Crippen molar-refractivity contribution in [3.05, 3.63) is 57.0 Å². The molecule has 0 radical (unpaired) electrons. The molecule has 0 saturated carbocycles. The number of fused-ring (bicyclic) bond motifs is 3. The van der Waals surface area contributed by atoms with Crippen molar-refractivity contribution in [2.75, 3.05) is 5.32 Å². The highest BCUT2D eigenvalue weighted by atomic mass is 32.1. The van der Waals surface area contributed by atoms with Crippen LogP contribution in [0.1, 0.15) is 61.5 Å². The van der Waals surface area contributed by atoms with E-state index in [-0.39, 0.29) is 17.9 Å². The van der Waals surface area contributed by atoms with Crippen LogP contribution in [0.3, 0.4) is 0 Å². The highest BCUT2D eigenvalue weighted by Crippen LogP contribution is 2.33. The van der Waals surface area contributed by atoms with E-state index < -0.39 is 0 Å². The van der Waals surface area contributed by atoms with Crippen molar-refractivity contribution in [3.8, 4) is 0 Å². The Kier molecular flexibility index (Phi) is 5.81. The molecule has 1 aromatic carbocycles. The minimum absolute atomic E-state index is 0.0118. The molecule has 0 unspecified atom stereocenters. The molecular weight excluding hydrogens is 382 g/mol. The van der Waals surface area contributed by atoms with Gasteiger partial charge in [-0.3, -0.25) is 14.2 Å². The third-order valence-corrected chi connectivity index (χ3v) is 7.10. The fraction of sp³-hybridized carbons (Fsp3) is 0.435. The largest absolute Gasteiger partial charge is 0.326 e. The zero-order valence-corrected chi connectivity index (χ0v) is 17.8. The monoisotopic (exact) mass is 409 g/mol. The van der Waals surface area contributed by atoms with Crippen molar-refractivity contribution in [1.82, 2.24) is 9.55 Å². The van der Waals surface area contributed by atoms with Crippen LogP contribution in [-0.2, 0) is 24.2 Å². The standard InChI is InChI=1S/C23H27N3O2S/c1-3-15(2)16-8-4-6-10-18(16)25-20(27)12-13-26-14-24-22-21(23(26)28)17-9-5-7-11-19(17)29-22/h4,6,8,10,14-15H,3,5,7,9,11-13H2,1-2H3,(H,25,27)/t15-/m0/s1. The number of hydrogen-bond donors (Lipinski definition) is 1. The summed E-state index contributed by atoms with van der Waals surface area (Å²) >= 11 is 1.65. The molecule has 3 aromatic rings. The molecule has 5 nitrogen and oxygen atoms in total. The lowest BCUT2D eigenvalue weighted by Gasteiger charge is -2.15. The predicted molar refractivity (Wildman–Crippen MR) is 119 cm³/mol. The molecule has 0 bridgehead atoms. The molecule has 2 aromatic heterocycles. The Labute approximate surface area is 174 Å². The molecule has 0 fully saturated rings. The van der Waals surface area contributed by atoms with E-state index in [9.17, 15) is 9.59 Å². The number of aromatic nitrogens is 2. The number of thiophene rings is 1. The van der Waals surface area contributed by atoms with Gasteiger partial charge in [0.05, 0.1) is 11.7 Å². The van der Waals surface area contributed by atoms with Crippen LogP contribution < -0.4 is 10.9 Å². The third kappa shape index (κ3) is 3.99. The fourth-order valence-corrected chi connectivity index (χ4v) is 5.26. The molecule has 1 aliphatic carbocycles. The Morgan fingerprint density at radius 1 is 1.28 bits per heavy atom. The minimum atomic E-state index is -0.0832. The summed E-state index contributed by atoms with van der Waals surface area (Å²) in [7, 11) is 0. The Morgan fingerprint density at radius 2 is 2.07 bits per heavy atom. The Hall–Kier alpha value is -2.47. The Balaban J connectivity index is 1.50. The van der Waals surface area contributed by atoms with Crippen LogP contribution in [0.15, 0.2) is 35.4 Å². The van der Waals surface area contributed by atoms with Crippen molar-refractivity contribution < 1.29 is 4.79 Å². The van der Waals surface area contributed by atoms with Crippen molar-refractivity contribution in [2.24, 2.45) is 0 Å². The van der Waals surface area contributed by atoms with Crippen molar-refractivity contribution in [3.63, 3.8) is 0 Å². The van der Waals surface area contributed by atoms with Crippen LogP contribution >= 0.6 is 11.3 Å². The molecule has 1 N–H and O–H groups in total. The van der Waals surface area contributed by atoms with Gasteiger partial charge in [-0.15, -0.1) is 11.3 Å². The first-order chi connectivity index (χ1) is 14.1. The number of hydrogen-bond acceptors (Lipinski definition) is 4. The molecule has 2 heterocycles. The van der Waals surface area contributed by atoms with E-state index in [4.69, 9.17) is 0 Å². The van der Waals surface area contributed by atoms with Gasteiger partial charge in [0.25, 0.3) is 5.56 Å². The summed E-state index contributed by atoms with van der Waals surface area (Å²) in [5.41, 5.74) is 3.19. The van der Waals surface area contributed by atoms with Crippen LogP contribution in [0.2, 0.25) is 0 Å². The van der Waals surface area contributed by atoms with E-state index in [1.807, 2.05) is 18.2 Å². The Morgan fingerprint density at radius 3 is 2.90 bits per heavy atom. The van der Waals surface area contributed by atoms with E-state index >= 15 is 0 Å². The van der Waals surface area contributed by atoms with Gasteiger partial charge in [-0.05, 0) is 55.2 Å². The molecule has 6 heteroatoms. The first-order valence-electron chi connectivity index (χ1n) is 10.5. The fourth-order valence-electron chi connectivity index (χ4n) is 4.04. The van der Waals surface area contributed by atoms with E-state index in [0.717, 1.165) is 47.2 Å². The van der Waals surface area contributed by atoms with Gasteiger partial charge in [0, 0.05) is 23.5 Å². The summed E-state index contributed by atoms with van der Waals surface area (Å²) in [6, 6.07) is 7.94. The molecule has 29 heavy (non-hydrogen) atoms. The van der Waals surface area contributed by atoms with Gasteiger partial charge in [-0.25, -0.2) is 4.98 Å².